The van der Waals surface area contributed by atoms with Crippen LogP contribution in [0, 0.1) is 10.1 Å². The largest absolute Gasteiger partial charge is 0.478 e. The van der Waals surface area contributed by atoms with E-state index in [2.05, 4.69) is 5.32 Å². The Balaban J connectivity index is 2.66. The van der Waals surface area contributed by atoms with Crippen molar-refractivity contribution in [2.45, 2.75) is 18.7 Å². The Morgan fingerprint density at radius 2 is 1.67 bits per heavy atom. The van der Waals surface area contributed by atoms with E-state index in [0.717, 1.165) is 6.92 Å². The molecule has 2 amide bonds. The number of carbonyl (C=O) groups is 3. The van der Waals surface area contributed by atoms with Crippen molar-refractivity contribution in [2.24, 2.45) is 0 Å². The number of hydrogen-bond donors (Lipinski definition) is 3. The molecule has 0 heterocycles. The molecular formula is C17H15N3O9S. The number of nitro benzene ring substituents is 1. The third-order valence-corrected chi connectivity index (χ3v) is 4.88. The molecule has 13 heteroatoms. The summed E-state index contributed by atoms with van der Waals surface area (Å²) in [4.78, 5) is 43.2. The summed E-state index contributed by atoms with van der Waals surface area (Å²) < 4.78 is 32.0. The van der Waals surface area contributed by atoms with Gasteiger partial charge >= 0.3 is 11.7 Å². The molecule has 0 atom stereocenters. The van der Waals surface area contributed by atoms with Gasteiger partial charge in [0.2, 0.25) is 17.6 Å². The summed E-state index contributed by atoms with van der Waals surface area (Å²) in [5.74, 6) is -3.79. The molecule has 2 rings (SSSR count). The van der Waals surface area contributed by atoms with E-state index < -0.39 is 48.7 Å². The van der Waals surface area contributed by atoms with Crippen LogP contribution >= 0.6 is 0 Å². The summed E-state index contributed by atoms with van der Waals surface area (Å²) in [6.07, 6.45) is 0. The van der Waals surface area contributed by atoms with Crippen LogP contribution in [0.5, 0.6) is 11.5 Å². The third-order valence-electron chi connectivity index (χ3n) is 3.44. The quantitative estimate of drug-likeness (QED) is 0.430. The number of nitrogens with zero attached hydrogens (tertiary/aromatic N) is 1. The molecular weight excluding hydrogens is 422 g/mol. The van der Waals surface area contributed by atoms with Crippen molar-refractivity contribution >= 4 is 39.2 Å². The van der Waals surface area contributed by atoms with Crippen LogP contribution in [0.2, 0.25) is 0 Å². The van der Waals surface area contributed by atoms with Crippen molar-refractivity contribution in [2.75, 3.05) is 5.32 Å². The molecule has 2 aromatic rings. The highest BCUT2D eigenvalue weighted by Gasteiger charge is 2.31. The van der Waals surface area contributed by atoms with Gasteiger partial charge in [0, 0.05) is 25.6 Å². The lowest BCUT2D eigenvalue weighted by molar-refractivity contribution is -0.385. The second-order valence-corrected chi connectivity index (χ2v) is 7.51. The number of sulfonamides is 1. The van der Waals surface area contributed by atoms with Crippen LogP contribution in [-0.2, 0) is 19.6 Å². The first-order chi connectivity index (χ1) is 13.9. The maximum Gasteiger partial charge on any atom is 0.335 e. The zero-order chi connectivity index (χ0) is 22.6. The molecule has 2 aromatic carbocycles. The minimum Gasteiger partial charge on any atom is -0.478 e. The molecule has 3 N–H and O–H groups in total. The molecule has 0 aliphatic rings. The molecule has 158 valence electrons. The molecule has 0 aromatic heterocycles. The van der Waals surface area contributed by atoms with Crippen molar-refractivity contribution in [1.82, 2.24) is 4.72 Å². The number of amides is 2. The molecule has 0 saturated carbocycles. The fourth-order valence-electron chi connectivity index (χ4n) is 2.32. The average molecular weight is 437 g/mol. The lowest BCUT2D eigenvalue weighted by Crippen LogP contribution is -2.28. The monoisotopic (exact) mass is 437 g/mol. The van der Waals surface area contributed by atoms with Crippen molar-refractivity contribution in [3.63, 3.8) is 0 Å². The molecule has 0 bridgehead atoms. The first-order valence-electron chi connectivity index (χ1n) is 8.05. The van der Waals surface area contributed by atoms with Crippen molar-refractivity contribution in [3.05, 3.63) is 52.1 Å². The third kappa shape index (κ3) is 5.29. The second kappa shape index (κ2) is 8.57. The summed E-state index contributed by atoms with van der Waals surface area (Å²) in [6.45, 7) is 2.19. The highest BCUT2D eigenvalue weighted by atomic mass is 32.2. The molecule has 0 spiro atoms. The molecule has 0 fully saturated rings. The van der Waals surface area contributed by atoms with Crippen LogP contribution in [-0.4, -0.2) is 36.2 Å². The Morgan fingerprint density at radius 3 is 2.13 bits per heavy atom. The minimum absolute atomic E-state index is 0.0467. The Kier molecular flexibility index (Phi) is 6.37. The number of aromatic carboxylic acids is 1. The number of carboxylic acids is 1. The van der Waals surface area contributed by atoms with Gasteiger partial charge in [0.05, 0.1) is 10.5 Å². The lowest BCUT2D eigenvalue weighted by Gasteiger charge is -2.13. The van der Waals surface area contributed by atoms with Crippen LogP contribution in [0.1, 0.15) is 24.2 Å². The Labute approximate surface area is 169 Å². The molecule has 0 aliphatic heterocycles. The molecule has 0 unspecified atom stereocenters. The van der Waals surface area contributed by atoms with Crippen LogP contribution < -0.4 is 14.8 Å². The number of carbonyl (C=O) groups excluding carboxylic acids is 2. The maximum atomic E-state index is 12.5. The predicted octanol–water partition coefficient (Wildman–Crippen LogP) is 1.87. The van der Waals surface area contributed by atoms with Crippen molar-refractivity contribution in [3.8, 4) is 11.5 Å². The molecule has 12 nitrogen and oxygen atoms in total. The van der Waals surface area contributed by atoms with Crippen molar-refractivity contribution < 1.29 is 37.6 Å². The summed E-state index contributed by atoms with van der Waals surface area (Å²) in [5, 5.41) is 23.1. The van der Waals surface area contributed by atoms with Gasteiger partial charge in [0.15, 0.2) is 0 Å². The predicted molar refractivity (Wildman–Crippen MR) is 102 cm³/mol. The summed E-state index contributed by atoms with van der Waals surface area (Å²) in [7, 11) is -4.70. The highest BCUT2D eigenvalue weighted by molar-refractivity contribution is 7.90. The Bertz CT molecular complexity index is 1140. The normalized spacial score (nSPS) is 10.7. The first-order valence-corrected chi connectivity index (χ1v) is 9.53. The van der Waals surface area contributed by atoms with Gasteiger partial charge in [-0.15, -0.1) is 0 Å². The topological polar surface area (TPSA) is 182 Å². The number of carboxylic acid groups (broad SMARTS) is 1. The minimum atomic E-state index is -4.70. The number of ether oxygens (including phenoxy) is 1. The van der Waals surface area contributed by atoms with Gasteiger partial charge in [-0.2, -0.15) is 0 Å². The fourth-order valence-corrected chi connectivity index (χ4v) is 3.48. The number of nitro groups is 1. The van der Waals surface area contributed by atoms with E-state index in [-0.39, 0.29) is 11.7 Å². The van der Waals surface area contributed by atoms with Gasteiger partial charge in [0.1, 0.15) is 10.6 Å². The zero-order valence-corrected chi connectivity index (χ0v) is 16.3. The molecule has 0 radical (unpaired) electrons. The molecule has 30 heavy (non-hydrogen) atoms. The van der Waals surface area contributed by atoms with E-state index in [1.54, 1.807) is 4.72 Å². The second-order valence-electron chi connectivity index (χ2n) is 5.85. The van der Waals surface area contributed by atoms with E-state index in [1.807, 2.05) is 0 Å². The number of benzene rings is 2. The van der Waals surface area contributed by atoms with Crippen LogP contribution in [0.4, 0.5) is 11.4 Å². The number of nitrogens with one attached hydrogen (secondary N) is 2. The van der Waals surface area contributed by atoms with Crippen LogP contribution in [0.25, 0.3) is 0 Å². The Morgan fingerprint density at radius 1 is 1.07 bits per heavy atom. The van der Waals surface area contributed by atoms with E-state index in [0.29, 0.717) is 17.8 Å². The number of hydrogen-bond acceptors (Lipinski definition) is 8. The Hall–Kier alpha value is -4.00. The number of anilines is 1. The van der Waals surface area contributed by atoms with Crippen molar-refractivity contribution in [1.29, 1.82) is 0 Å². The average Bonchev–Trinajstić information content (AvgIpc) is 2.61. The van der Waals surface area contributed by atoms with E-state index >= 15 is 0 Å². The van der Waals surface area contributed by atoms with Gasteiger partial charge in [-0.3, -0.25) is 19.7 Å². The highest BCUT2D eigenvalue weighted by Crippen LogP contribution is 2.39. The van der Waals surface area contributed by atoms with Gasteiger partial charge in [-0.1, -0.05) is 0 Å². The van der Waals surface area contributed by atoms with E-state index in [9.17, 15) is 32.9 Å². The van der Waals surface area contributed by atoms with Gasteiger partial charge in [-0.25, -0.2) is 17.9 Å². The van der Waals surface area contributed by atoms with Gasteiger partial charge < -0.3 is 15.2 Å². The van der Waals surface area contributed by atoms with Gasteiger partial charge in [-0.05, 0) is 30.3 Å². The van der Waals surface area contributed by atoms with Gasteiger partial charge in [0.25, 0.3) is 10.0 Å². The first kappa shape index (κ1) is 22.3. The number of rotatable bonds is 7. The van der Waals surface area contributed by atoms with Crippen LogP contribution in [0.15, 0.2) is 41.3 Å². The molecule has 0 saturated heterocycles. The smallest absolute Gasteiger partial charge is 0.335 e. The summed E-state index contributed by atoms with van der Waals surface area (Å²) >= 11 is 0. The summed E-state index contributed by atoms with van der Waals surface area (Å²) in [5.41, 5.74) is -1.25. The maximum absolute atomic E-state index is 12.5. The summed E-state index contributed by atoms with van der Waals surface area (Å²) in [6, 6.07) is 6.67. The standard InChI is InChI=1S/C17H15N3O9S/c1-9(21)18-12-3-5-13(6-4-12)29-16-14(20(25)26)7-11(17(23)24)8-15(16)30(27,28)19-10(2)22/h3-8H,1-2H3,(H,18,21)(H,19,22)(H,23,24). The zero-order valence-electron chi connectivity index (χ0n) is 15.5. The van der Waals surface area contributed by atoms with E-state index in [1.165, 1.54) is 31.2 Å². The fraction of sp³-hybridized carbons (Fsp3) is 0.118. The van der Waals surface area contributed by atoms with E-state index in [4.69, 9.17) is 9.84 Å². The molecule has 0 aliphatic carbocycles. The lowest BCUT2D eigenvalue weighted by atomic mass is 10.2. The SMILES string of the molecule is CC(=O)Nc1ccc(Oc2c([N+](=O)[O-])cc(C(=O)O)cc2S(=O)(=O)NC(C)=O)cc1. The van der Waals surface area contributed by atoms with Crippen LogP contribution in [0.3, 0.4) is 0 Å².